The van der Waals surface area contributed by atoms with E-state index in [9.17, 15) is 0 Å². The van der Waals surface area contributed by atoms with Gasteiger partial charge >= 0.3 is 0 Å². The molecule has 6 heterocycles. The second-order valence-corrected chi connectivity index (χ2v) is 16.2. The Bertz CT molecular complexity index is 3110. The number of aromatic amines is 2. The van der Waals surface area contributed by atoms with Crippen molar-refractivity contribution in [3.63, 3.8) is 0 Å². The minimum atomic E-state index is 0.328. The van der Waals surface area contributed by atoms with Crippen LogP contribution < -0.4 is 11.1 Å². The summed E-state index contributed by atoms with van der Waals surface area (Å²) < 4.78 is 2.84. The van der Waals surface area contributed by atoms with Crippen molar-refractivity contribution in [1.82, 2.24) is 59.8 Å². The molecule has 0 aliphatic carbocycles. The first-order valence-corrected chi connectivity index (χ1v) is 21.3. The predicted molar refractivity (Wildman–Crippen MR) is 252 cm³/mol. The lowest BCUT2D eigenvalue weighted by molar-refractivity contribution is 0.992. The fourth-order valence-corrected chi connectivity index (χ4v) is 8.01. The quantitative estimate of drug-likeness (QED) is 0.0910. The molecule has 0 saturated carbocycles. The normalized spacial score (nSPS) is 11.0. The lowest BCUT2D eigenvalue weighted by atomic mass is 10.1. The molecule has 10 rings (SSSR count). The minimum Gasteiger partial charge on any atom is -0.362 e. The van der Waals surface area contributed by atoms with Crippen molar-refractivity contribution in [3.05, 3.63) is 143 Å². The van der Waals surface area contributed by atoms with E-state index in [1.165, 1.54) is 12.7 Å². The molecule has 0 radical (unpaired) electrons. The summed E-state index contributed by atoms with van der Waals surface area (Å²) in [4.78, 5) is 49.5. The zero-order valence-electron chi connectivity index (χ0n) is 30.2. The Morgan fingerprint density at radius 2 is 1.12 bits per heavy atom. The van der Waals surface area contributed by atoms with Crippen LogP contribution in [0.15, 0.2) is 115 Å². The maximum Gasteiger partial charge on any atom is 0.182 e. The third kappa shape index (κ3) is 8.94. The maximum atomic E-state index is 6.48. The smallest absolute Gasteiger partial charge is 0.182 e. The van der Waals surface area contributed by atoms with Crippen molar-refractivity contribution < 1.29 is 0 Å². The Labute approximate surface area is 381 Å². The second-order valence-electron chi connectivity index (χ2n) is 12.4. The lowest BCUT2D eigenvalue weighted by Gasteiger charge is -2.13. The van der Waals surface area contributed by atoms with Crippen molar-refractivity contribution >= 4 is 135 Å². The van der Waals surface area contributed by atoms with E-state index >= 15 is 0 Å². The summed E-state index contributed by atoms with van der Waals surface area (Å²) in [5.41, 5.74) is 16.8. The zero-order chi connectivity index (χ0) is 40.9. The zero-order valence-corrected chi connectivity index (χ0v) is 37.7. The highest BCUT2D eigenvalue weighted by atomic mass is 127. The van der Waals surface area contributed by atoms with Crippen molar-refractivity contribution in [1.29, 1.82) is 0 Å². The molecule has 59 heavy (non-hydrogen) atoms. The van der Waals surface area contributed by atoms with Gasteiger partial charge in [-0.15, -0.1) is 0 Å². The SMILES string of the molecule is Brc1ncnc2nc[nH]c12.Clc1ccccc1-c1nc2c(I)cccc2nc1CNc1ncnc2nc[nH]c12.NCc1nc2cccc(I)c2nc1-c1ccccc1Cl. The second kappa shape index (κ2) is 18.5. The molecular weight excluding hydrogens is 1080 g/mol. The molecule has 0 atom stereocenters. The van der Waals surface area contributed by atoms with Crippen LogP contribution >= 0.6 is 84.3 Å². The highest BCUT2D eigenvalue weighted by Crippen LogP contribution is 2.32. The van der Waals surface area contributed by atoms with Gasteiger partial charge in [-0.3, -0.25) is 0 Å². The summed E-state index contributed by atoms with van der Waals surface area (Å²) in [6, 6.07) is 27.1. The molecule has 4 aromatic carbocycles. The number of imidazole rings is 2. The third-order valence-electron chi connectivity index (χ3n) is 8.71. The number of fused-ring (bicyclic) bond motifs is 4. The van der Waals surface area contributed by atoms with Crippen LogP contribution in [0.25, 0.3) is 66.9 Å². The van der Waals surface area contributed by atoms with Crippen molar-refractivity contribution in [3.8, 4) is 22.5 Å². The number of halogens is 5. The molecule has 0 unspecified atom stereocenters. The van der Waals surface area contributed by atoms with E-state index < -0.39 is 0 Å². The molecule has 10 aromatic rings. The third-order valence-corrected chi connectivity index (χ3v) is 11.7. The molecule has 0 bridgehead atoms. The van der Waals surface area contributed by atoms with Gasteiger partial charge in [0.15, 0.2) is 17.1 Å². The number of aromatic nitrogens is 12. The van der Waals surface area contributed by atoms with E-state index in [0.29, 0.717) is 40.2 Å². The Morgan fingerprint density at radius 1 is 0.593 bits per heavy atom. The van der Waals surface area contributed by atoms with Crippen LogP contribution in [0.1, 0.15) is 11.4 Å². The van der Waals surface area contributed by atoms with Crippen LogP contribution in [0.5, 0.6) is 0 Å². The molecule has 292 valence electrons. The number of rotatable bonds is 6. The summed E-state index contributed by atoms with van der Waals surface area (Å²) in [6.07, 6.45) is 6.13. The standard InChI is InChI=1S/C20H13ClIN7.C15H11ClIN3.C5H3BrN4/c21-12-5-2-1-4-11(12)16-15(28-14-7-3-6-13(22)17(14)29-16)8-23-19-18-20(25-9-24-18)27-10-26-19;16-10-5-2-1-4-9(10)14-13(8-18)19-12-7-3-6-11(17)15(12)20-14;6-4-3-5(9-1-7-3)10-2-8-4/h1-7,9-10H,8H2,(H2,23,24,25,26,27);1-7H,8,18H2;1-2H,(H,7,8,9,10). The van der Waals surface area contributed by atoms with Crippen molar-refractivity contribution in [2.75, 3.05) is 5.32 Å². The minimum absolute atomic E-state index is 0.328. The highest BCUT2D eigenvalue weighted by molar-refractivity contribution is 14.1. The summed E-state index contributed by atoms with van der Waals surface area (Å²) in [7, 11) is 0. The Balaban J connectivity index is 0.000000138. The van der Waals surface area contributed by atoms with Crippen LogP contribution in [0.2, 0.25) is 10.0 Å². The average Bonchev–Trinajstić information content (AvgIpc) is 3.95. The molecular formula is C40H27BrCl2I2N14. The Kier molecular flexibility index (Phi) is 12.7. The van der Waals surface area contributed by atoms with Gasteiger partial charge < -0.3 is 21.0 Å². The summed E-state index contributed by atoms with van der Waals surface area (Å²) in [5, 5.41) is 4.61. The topological polar surface area (TPSA) is 199 Å². The Morgan fingerprint density at radius 3 is 1.69 bits per heavy atom. The van der Waals surface area contributed by atoms with E-state index in [2.05, 4.69) is 111 Å². The summed E-state index contributed by atoms with van der Waals surface area (Å²) in [6.45, 7) is 0.745. The average molecular weight is 1110 g/mol. The van der Waals surface area contributed by atoms with Crippen molar-refractivity contribution in [2.45, 2.75) is 13.1 Å². The van der Waals surface area contributed by atoms with Crippen LogP contribution in [0.3, 0.4) is 0 Å². The monoisotopic (exact) mass is 1110 g/mol. The molecule has 0 spiro atoms. The van der Waals surface area contributed by atoms with Gasteiger partial charge in [-0.1, -0.05) is 71.7 Å². The van der Waals surface area contributed by atoms with Crippen molar-refractivity contribution in [2.24, 2.45) is 5.73 Å². The number of para-hydroxylation sites is 2. The number of anilines is 1. The number of nitrogens with one attached hydrogen (secondary N) is 3. The highest BCUT2D eigenvalue weighted by Gasteiger charge is 2.17. The number of hydrogen-bond donors (Lipinski definition) is 4. The van der Waals surface area contributed by atoms with E-state index in [4.69, 9.17) is 43.9 Å². The van der Waals surface area contributed by atoms with Gasteiger partial charge in [0.05, 0.1) is 63.1 Å². The summed E-state index contributed by atoms with van der Waals surface area (Å²) in [5.74, 6) is 0.655. The molecule has 5 N–H and O–H groups in total. The van der Waals surface area contributed by atoms with E-state index in [-0.39, 0.29) is 0 Å². The molecule has 0 aliphatic rings. The molecule has 0 amide bonds. The lowest BCUT2D eigenvalue weighted by Crippen LogP contribution is -2.08. The van der Waals surface area contributed by atoms with Crippen LogP contribution in [-0.4, -0.2) is 59.8 Å². The number of H-pyrrole nitrogens is 2. The number of hydrogen-bond acceptors (Lipinski definition) is 12. The maximum absolute atomic E-state index is 6.48. The van der Waals surface area contributed by atoms with E-state index in [1.54, 1.807) is 12.7 Å². The first kappa shape index (κ1) is 40.7. The molecule has 19 heteroatoms. The molecule has 6 aromatic heterocycles. The van der Waals surface area contributed by atoms with Crippen LogP contribution in [0, 0.1) is 7.14 Å². The number of nitrogens with two attached hydrogens (primary N) is 1. The van der Waals surface area contributed by atoms with Crippen LogP contribution in [-0.2, 0) is 13.1 Å². The Hall–Kier alpha value is -5.06. The van der Waals surface area contributed by atoms with Gasteiger partial charge in [-0.2, -0.15) is 0 Å². The van der Waals surface area contributed by atoms with E-state index in [1.807, 2.05) is 84.9 Å². The van der Waals surface area contributed by atoms with Gasteiger partial charge in [0, 0.05) is 24.8 Å². The molecule has 0 saturated heterocycles. The van der Waals surface area contributed by atoms with Gasteiger partial charge in [0.1, 0.15) is 39.3 Å². The first-order valence-electron chi connectivity index (χ1n) is 17.6. The molecule has 0 fully saturated rings. The summed E-state index contributed by atoms with van der Waals surface area (Å²) >= 11 is 20.5. The fourth-order valence-electron chi connectivity index (χ4n) is 5.96. The van der Waals surface area contributed by atoms with Gasteiger partial charge in [0.25, 0.3) is 0 Å². The largest absolute Gasteiger partial charge is 0.362 e. The van der Waals surface area contributed by atoms with E-state index in [0.717, 1.165) is 78.7 Å². The van der Waals surface area contributed by atoms with Gasteiger partial charge in [0.2, 0.25) is 0 Å². The fraction of sp³-hybridized carbons (Fsp3) is 0.0500. The van der Waals surface area contributed by atoms with Gasteiger partial charge in [-0.25, -0.2) is 49.8 Å². The predicted octanol–water partition coefficient (Wildman–Crippen LogP) is 9.96. The molecule has 14 nitrogen and oxygen atoms in total. The van der Waals surface area contributed by atoms with Gasteiger partial charge in [-0.05, 0) is 97.5 Å². The number of benzene rings is 4. The van der Waals surface area contributed by atoms with Crippen LogP contribution in [0.4, 0.5) is 5.82 Å². The number of nitrogens with zero attached hydrogens (tertiary/aromatic N) is 10. The molecule has 0 aliphatic heterocycles. The first-order chi connectivity index (χ1) is 28.8.